The summed E-state index contributed by atoms with van der Waals surface area (Å²) in [6, 6.07) is 17.4. The van der Waals surface area contributed by atoms with E-state index in [1.807, 2.05) is 71.0 Å². The van der Waals surface area contributed by atoms with Crippen molar-refractivity contribution in [1.82, 2.24) is 39.1 Å². The van der Waals surface area contributed by atoms with E-state index in [0.717, 1.165) is 44.0 Å². The molecule has 2 aromatic carbocycles. The molecule has 1 saturated heterocycles. The first-order chi connectivity index (χ1) is 23.0. The summed E-state index contributed by atoms with van der Waals surface area (Å²) in [4.78, 5) is 43.6. The Labute approximate surface area is 272 Å². The van der Waals surface area contributed by atoms with Gasteiger partial charge in [0.2, 0.25) is 5.88 Å². The second kappa shape index (κ2) is 15.0. The van der Waals surface area contributed by atoms with Gasteiger partial charge in [-0.1, -0.05) is 42.5 Å². The van der Waals surface area contributed by atoms with Gasteiger partial charge in [-0.3, -0.25) is 9.69 Å². The van der Waals surface area contributed by atoms with Crippen LogP contribution in [-0.2, 0) is 22.6 Å². The highest BCUT2D eigenvalue weighted by molar-refractivity contribution is 5.94. The molecule has 3 aromatic heterocycles. The molecule has 244 valence electrons. The van der Waals surface area contributed by atoms with E-state index < -0.39 is 5.97 Å². The van der Waals surface area contributed by atoms with Crippen LogP contribution in [0.1, 0.15) is 45.7 Å². The van der Waals surface area contributed by atoms with E-state index in [2.05, 4.69) is 20.0 Å². The molecule has 5 aromatic rings. The Bertz CT molecular complexity index is 1800. The van der Waals surface area contributed by atoms with Gasteiger partial charge in [-0.05, 0) is 37.1 Å². The normalized spacial score (nSPS) is 13.5. The molecule has 1 amide bonds. The minimum absolute atomic E-state index is 0.0163. The minimum atomic E-state index is -0.479. The van der Waals surface area contributed by atoms with E-state index in [1.165, 1.54) is 17.1 Å². The van der Waals surface area contributed by atoms with Gasteiger partial charge in [0.1, 0.15) is 6.61 Å². The molecule has 0 radical (unpaired) electrons. The van der Waals surface area contributed by atoms with Gasteiger partial charge in [-0.25, -0.2) is 14.5 Å². The molecule has 4 heterocycles. The minimum Gasteiger partial charge on any atom is -0.471 e. The molecule has 13 heteroatoms. The van der Waals surface area contributed by atoms with Gasteiger partial charge in [0.05, 0.1) is 37.9 Å². The van der Waals surface area contributed by atoms with Crippen LogP contribution in [-0.4, -0.2) is 104 Å². The van der Waals surface area contributed by atoms with Gasteiger partial charge in [0.25, 0.3) is 11.9 Å². The topological polar surface area (TPSA) is 130 Å². The van der Waals surface area contributed by atoms with E-state index in [9.17, 15) is 9.59 Å². The van der Waals surface area contributed by atoms with Crippen LogP contribution in [0.25, 0.3) is 17.1 Å². The lowest BCUT2D eigenvalue weighted by atomic mass is 10.1. The molecular formula is C34H38N8O5. The maximum atomic E-state index is 13.3. The number of likely N-dealkylation sites (N-methyl/N-ethyl adjacent to an activating group) is 1. The molecule has 47 heavy (non-hydrogen) atoms. The maximum Gasteiger partial charge on any atom is 0.341 e. The molecule has 0 spiro atoms. The fraction of sp³-hybridized carbons (Fsp3) is 0.353. The van der Waals surface area contributed by atoms with Gasteiger partial charge in [-0.15, -0.1) is 0 Å². The number of imidazole rings is 1. The Morgan fingerprint density at radius 3 is 2.49 bits per heavy atom. The lowest BCUT2D eigenvalue weighted by Gasteiger charge is -2.29. The van der Waals surface area contributed by atoms with Crippen LogP contribution in [0.15, 0.2) is 73.3 Å². The summed E-state index contributed by atoms with van der Waals surface area (Å²) in [6.07, 6.45) is 4.62. The summed E-state index contributed by atoms with van der Waals surface area (Å²) in [6.45, 7) is 10.2. The number of benzene rings is 2. The number of carbonyl (C=O) groups is 2. The highest BCUT2D eigenvalue weighted by atomic mass is 16.5. The van der Waals surface area contributed by atoms with Gasteiger partial charge in [0, 0.05) is 51.0 Å². The molecule has 1 aliphatic rings. The quantitative estimate of drug-likeness (QED) is 0.176. The number of hydrogen-bond acceptors (Lipinski definition) is 10. The molecule has 13 nitrogen and oxygen atoms in total. The first kappa shape index (κ1) is 31.8. The molecule has 1 aliphatic heterocycles. The largest absolute Gasteiger partial charge is 0.471 e. The number of ether oxygens (including phenoxy) is 3. The molecular weight excluding hydrogens is 600 g/mol. The standard InChI is InChI=1S/C34H38N8O5/c1-3-40(15-14-39-16-18-45-19-17-39)32(43)27-12-10-25(11-13-27)21-41-24-35-30-29(41)31(47-23-26-8-6-5-7-9-26)38-34(37-30)42-22-28(20-36-42)33(44)46-4-2/h5-13,20,22,24H,3-4,14-19,21,23H2,1-2H3. The molecule has 0 N–H and O–H groups in total. The van der Waals surface area contributed by atoms with Crippen molar-refractivity contribution in [2.45, 2.75) is 27.0 Å². The van der Waals surface area contributed by atoms with Crippen molar-refractivity contribution in [2.24, 2.45) is 0 Å². The summed E-state index contributed by atoms with van der Waals surface area (Å²) in [7, 11) is 0. The number of hydrogen-bond donors (Lipinski definition) is 0. The second-order valence-corrected chi connectivity index (χ2v) is 11.1. The van der Waals surface area contributed by atoms with E-state index in [1.54, 1.807) is 13.3 Å². The first-order valence-corrected chi connectivity index (χ1v) is 15.8. The molecule has 0 bridgehead atoms. The van der Waals surface area contributed by atoms with Crippen LogP contribution < -0.4 is 4.74 Å². The molecule has 1 fully saturated rings. The highest BCUT2D eigenvalue weighted by Gasteiger charge is 2.20. The van der Waals surface area contributed by atoms with E-state index in [4.69, 9.17) is 19.2 Å². The lowest BCUT2D eigenvalue weighted by molar-refractivity contribution is 0.0328. The second-order valence-electron chi connectivity index (χ2n) is 11.1. The number of aromatic nitrogens is 6. The number of fused-ring (bicyclic) bond motifs is 1. The molecule has 6 rings (SSSR count). The first-order valence-electron chi connectivity index (χ1n) is 15.8. The Morgan fingerprint density at radius 1 is 0.957 bits per heavy atom. The van der Waals surface area contributed by atoms with Crippen LogP contribution in [0.3, 0.4) is 0 Å². The Morgan fingerprint density at radius 2 is 1.74 bits per heavy atom. The predicted molar refractivity (Wildman–Crippen MR) is 174 cm³/mol. The average Bonchev–Trinajstić information content (AvgIpc) is 3.77. The van der Waals surface area contributed by atoms with Crippen molar-refractivity contribution in [3.63, 3.8) is 0 Å². The molecule has 0 unspecified atom stereocenters. The van der Waals surface area contributed by atoms with Gasteiger partial charge in [-0.2, -0.15) is 15.1 Å². The number of amides is 1. The van der Waals surface area contributed by atoms with Crippen molar-refractivity contribution in [3.05, 3.63) is 95.6 Å². The number of esters is 1. The van der Waals surface area contributed by atoms with Crippen LogP contribution in [0, 0.1) is 0 Å². The van der Waals surface area contributed by atoms with Crippen molar-refractivity contribution in [3.8, 4) is 11.8 Å². The number of carbonyl (C=O) groups excluding carboxylic acids is 2. The zero-order valence-electron chi connectivity index (χ0n) is 26.6. The van der Waals surface area contributed by atoms with Crippen LogP contribution in [0.2, 0.25) is 0 Å². The number of rotatable bonds is 13. The van der Waals surface area contributed by atoms with Crippen LogP contribution in [0.5, 0.6) is 5.88 Å². The SMILES string of the molecule is CCOC(=O)c1cnn(-c2nc(OCc3ccccc3)c3c(ncn3Cc3ccc(C(=O)N(CC)CCN4CCOCC4)cc3)n2)c1. The van der Waals surface area contributed by atoms with Crippen molar-refractivity contribution < 1.29 is 23.8 Å². The summed E-state index contributed by atoms with van der Waals surface area (Å²) in [5.41, 5.74) is 3.91. The zero-order chi connectivity index (χ0) is 32.6. The predicted octanol–water partition coefficient (Wildman–Crippen LogP) is 3.61. The summed E-state index contributed by atoms with van der Waals surface area (Å²) >= 11 is 0. The smallest absolute Gasteiger partial charge is 0.341 e. The van der Waals surface area contributed by atoms with Gasteiger partial charge in [0.15, 0.2) is 11.2 Å². The Hall–Kier alpha value is -5.14. The van der Waals surface area contributed by atoms with Crippen molar-refractivity contribution in [2.75, 3.05) is 52.5 Å². The number of nitrogens with zero attached hydrogens (tertiary/aromatic N) is 8. The zero-order valence-corrected chi connectivity index (χ0v) is 26.6. The third-order valence-corrected chi connectivity index (χ3v) is 7.96. The van der Waals surface area contributed by atoms with E-state index >= 15 is 0 Å². The lowest BCUT2D eigenvalue weighted by Crippen LogP contribution is -2.43. The summed E-state index contributed by atoms with van der Waals surface area (Å²) < 4.78 is 20.1. The average molecular weight is 639 g/mol. The fourth-order valence-corrected chi connectivity index (χ4v) is 5.36. The third kappa shape index (κ3) is 7.64. The van der Waals surface area contributed by atoms with E-state index in [-0.39, 0.29) is 30.6 Å². The summed E-state index contributed by atoms with van der Waals surface area (Å²) in [5.74, 6) is 0.0685. The Kier molecular flexibility index (Phi) is 10.1. The van der Waals surface area contributed by atoms with Crippen LogP contribution >= 0.6 is 0 Å². The molecule has 0 saturated carbocycles. The van der Waals surface area contributed by atoms with E-state index in [0.29, 0.717) is 42.2 Å². The maximum absolute atomic E-state index is 13.3. The summed E-state index contributed by atoms with van der Waals surface area (Å²) in [5, 5.41) is 4.27. The highest BCUT2D eigenvalue weighted by Crippen LogP contribution is 2.25. The van der Waals surface area contributed by atoms with Crippen LogP contribution in [0.4, 0.5) is 0 Å². The monoisotopic (exact) mass is 638 g/mol. The van der Waals surface area contributed by atoms with Crippen molar-refractivity contribution >= 4 is 23.0 Å². The van der Waals surface area contributed by atoms with Gasteiger partial charge < -0.3 is 23.7 Å². The molecule has 0 aliphatic carbocycles. The fourth-order valence-electron chi connectivity index (χ4n) is 5.36. The Balaban J connectivity index is 1.22. The number of morpholine rings is 1. The van der Waals surface area contributed by atoms with Crippen molar-refractivity contribution in [1.29, 1.82) is 0 Å². The molecule has 0 atom stereocenters. The third-order valence-electron chi connectivity index (χ3n) is 7.96. The van der Waals surface area contributed by atoms with Gasteiger partial charge >= 0.3 is 5.97 Å².